The van der Waals surface area contributed by atoms with Crippen LogP contribution in [0.4, 0.5) is 0 Å². The minimum absolute atomic E-state index is 0.394. The largest absolute Gasteiger partial charge is 0.482 e. The molecular formula is C28H24N2O5. The maximum absolute atomic E-state index is 10.9. The van der Waals surface area contributed by atoms with E-state index in [1.807, 2.05) is 48.5 Å². The van der Waals surface area contributed by atoms with Gasteiger partial charge in [-0.2, -0.15) is 5.10 Å². The monoisotopic (exact) mass is 468 g/mol. The minimum atomic E-state index is -1.03. The number of fused-ring (bicyclic) bond motifs is 1. The molecule has 4 rings (SSSR count). The Hall–Kier alpha value is -4.65. The van der Waals surface area contributed by atoms with Crippen LogP contribution in [0.1, 0.15) is 35.6 Å². The number of carbonyl (C=O) groups is 2. The summed E-state index contributed by atoms with van der Waals surface area (Å²) >= 11 is 0. The number of allylic oxidation sites excluding steroid dienone is 1. The number of hydrogen-bond acceptors (Lipinski definition) is 4. The van der Waals surface area contributed by atoms with Gasteiger partial charge < -0.3 is 14.9 Å². The zero-order chi connectivity index (χ0) is 24.8. The lowest BCUT2D eigenvalue weighted by Gasteiger charge is -2.17. The van der Waals surface area contributed by atoms with Crippen molar-refractivity contribution in [2.45, 2.75) is 13.3 Å². The van der Waals surface area contributed by atoms with E-state index in [-0.39, 0.29) is 0 Å². The fourth-order valence-electron chi connectivity index (χ4n) is 3.96. The molecular weight excluding hydrogens is 444 g/mol. The number of aliphatic carboxylic acids is 2. The molecule has 3 aromatic carbocycles. The molecule has 4 aromatic rings. The van der Waals surface area contributed by atoms with Crippen LogP contribution < -0.4 is 4.74 Å². The van der Waals surface area contributed by atoms with E-state index in [4.69, 9.17) is 14.9 Å². The van der Waals surface area contributed by atoms with Gasteiger partial charge in [0.2, 0.25) is 0 Å². The molecule has 0 amide bonds. The molecule has 1 aromatic heterocycles. The number of nitrogens with one attached hydrogen (secondary N) is 1. The lowest BCUT2D eigenvalue weighted by Crippen LogP contribution is -2.09. The smallest absolute Gasteiger partial charge is 0.341 e. The van der Waals surface area contributed by atoms with Gasteiger partial charge in [-0.05, 0) is 70.2 Å². The fourth-order valence-corrected chi connectivity index (χ4v) is 3.96. The van der Waals surface area contributed by atoms with Crippen LogP contribution in [0.25, 0.3) is 28.1 Å². The molecule has 0 saturated carbocycles. The van der Waals surface area contributed by atoms with Gasteiger partial charge in [-0.1, -0.05) is 49.4 Å². The van der Waals surface area contributed by atoms with Crippen LogP contribution >= 0.6 is 0 Å². The zero-order valence-corrected chi connectivity index (χ0v) is 19.1. The average Bonchev–Trinajstić information content (AvgIpc) is 3.33. The van der Waals surface area contributed by atoms with Gasteiger partial charge >= 0.3 is 11.9 Å². The third kappa shape index (κ3) is 5.65. The van der Waals surface area contributed by atoms with Crippen LogP contribution in [0, 0.1) is 0 Å². The van der Waals surface area contributed by atoms with Gasteiger partial charge in [-0.3, -0.25) is 5.10 Å². The van der Waals surface area contributed by atoms with Gasteiger partial charge in [0.05, 0.1) is 11.7 Å². The van der Waals surface area contributed by atoms with Gasteiger partial charge in [0.15, 0.2) is 6.61 Å². The highest BCUT2D eigenvalue weighted by molar-refractivity contribution is 6.00. The van der Waals surface area contributed by atoms with Crippen molar-refractivity contribution in [3.05, 3.63) is 101 Å². The lowest BCUT2D eigenvalue weighted by molar-refractivity contribution is -0.139. The molecule has 0 aliphatic rings. The molecule has 35 heavy (non-hydrogen) atoms. The Bertz CT molecular complexity index is 1410. The van der Waals surface area contributed by atoms with E-state index < -0.39 is 18.5 Å². The molecule has 3 N–H and O–H groups in total. The molecule has 0 spiro atoms. The summed E-state index contributed by atoms with van der Waals surface area (Å²) in [5.74, 6) is -1.53. The minimum Gasteiger partial charge on any atom is -0.482 e. The number of aromatic nitrogens is 2. The van der Waals surface area contributed by atoms with Gasteiger partial charge in [-0.15, -0.1) is 0 Å². The van der Waals surface area contributed by atoms with E-state index in [1.54, 1.807) is 24.4 Å². The first-order valence-electron chi connectivity index (χ1n) is 11.1. The van der Waals surface area contributed by atoms with E-state index in [1.165, 1.54) is 0 Å². The normalized spacial score (nSPS) is 12.0. The van der Waals surface area contributed by atoms with Crippen LogP contribution in [0.15, 0.2) is 79.0 Å². The summed E-state index contributed by atoms with van der Waals surface area (Å²) in [6.07, 6.45) is 5.21. The van der Waals surface area contributed by atoms with Crippen molar-refractivity contribution in [3.8, 4) is 5.75 Å². The number of aromatic amines is 1. The summed E-state index contributed by atoms with van der Waals surface area (Å²) < 4.78 is 5.28. The number of carboxylic acids is 2. The first-order chi connectivity index (χ1) is 16.9. The van der Waals surface area contributed by atoms with Gasteiger partial charge in [0, 0.05) is 11.5 Å². The van der Waals surface area contributed by atoms with Crippen LogP contribution in [0.3, 0.4) is 0 Å². The molecule has 0 aliphatic heterocycles. The van der Waals surface area contributed by atoms with E-state index >= 15 is 0 Å². The molecule has 176 valence electrons. The Labute approximate surface area is 202 Å². The van der Waals surface area contributed by atoms with Crippen molar-refractivity contribution >= 4 is 40.1 Å². The summed E-state index contributed by atoms with van der Waals surface area (Å²) in [6, 6.07) is 21.3. The van der Waals surface area contributed by atoms with Crippen molar-refractivity contribution in [3.63, 3.8) is 0 Å². The summed E-state index contributed by atoms with van der Waals surface area (Å²) in [5.41, 5.74) is 6.89. The van der Waals surface area contributed by atoms with Crippen LogP contribution in [-0.2, 0) is 9.59 Å². The van der Waals surface area contributed by atoms with Gasteiger partial charge in [-0.25, -0.2) is 9.59 Å². The van der Waals surface area contributed by atoms with E-state index in [9.17, 15) is 9.59 Å². The number of nitrogens with zero attached hydrogens (tertiary/aromatic N) is 1. The van der Waals surface area contributed by atoms with E-state index in [0.717, 1.165) is 56.8 Å². The second-order valence-electron chi connectivity index (χ2n) is 7.88. The van der Waals surface area contributed by atoms with E-state index in [2.05, 4.69) is 23.2 Å². The second kappa shape index (κ2) is 10.5. The average molecular weight is 469 g/mol. The van der Waals surface area contributed by atoms with Crippen molar-refractivity contribution in [1.29, 1.82) is 0 Å². The van der Waals surface area contributed by atoms with Gasteiger partial charge in [0.1, 0.15) is 5.75 Å². The molecule has 0 bridgehead atoms. The number of rotatable bonds is 9. The molecule has 0 atom stereocenters. The Morgan fingerprint density at radius 2 is 1.63 bits per heavy atom. The maximum atomic E-state index is 10.9. The van der Waals surface area contributed by atoms with Crippen LogP contribution in [0.2, 0.25) is 0 Å². The fraction of sp³-hybridized carbons (Fsp3) is 0.107. The van der Waals surface area contributed by atoms with Crippen LogP contribution in [0.5, 0.6) is 5.75 Å². The summed E-state index contributed by atoms with van der Waals surface area (Å²) in [4.78, 5) is 21.7. The highest BCUT2D eigenvalue weighted by Gasteiger charge is 2.14. The molecule has 0 unspecified atom stereocenters. The van der Waals surface area contributed by atoms with Crippen molar-refractivity contribution in [2.75, 3.05) is 6.61 Å². The van der Waals surface area contributed by atoms with Crippen molar-refractivity contribution < 1.29 is 24.5 Å². The Balaban J connectivity index is 1.82. The molecule has 0 saturated heterocycles. The third-order valence-electron chi connectivity index (χ3n) is 5.57. The zero-order valence-electron chi connectivity index (χ0n) is 19.1. The molecule has 0 fully saturated rings. The Morgan fingerprint density at radius 3 is 2.29 bits per heavy atom. The third-order valence-corrected chi connectivity index (χ3v) is 5.57. The maximum Gasteiger partial charge on any atom is 0.341 e. The molecule has 7 nitrogen and oxygen atoms in total. The summed E-state index contributed by atoms with van der Waals surface area (Å²) in [5, 5.41) is 25.9. The van der Waals surface area contributed by atoms with Crippen LogP contribution in [-0.4, -0.2) is 39.0 Å². The standard InChI is InChI=1S/C28H24N2O5/c1-2-24(19-8-11-23(12-9-19)35-17-27(33)34)28(21-10-13-25-22(15-21)16-29-30-25)20-6-3-18(4-7-20)5-14-26(31)32/h3-16H,2,17H2,1H3,(H,29,30)(H,31,32)(H,33,34)/b14-5+,28-24+. The number of H-pyrrole nitrogens is 1. The number of carboxylic acid groups (broad SMARTS) is 2. The molecule has 0 radical (unpaired) electrons. The SMILES string of the molecule is CC/C(=C(/c1ccc(/C=C/C(=O)O)cc1)c1ccc2[nH]ncc2c1)c1ccc(OCC(=O)O)cc1. The first-order valence-corrected chi connectivity index (χ1v) is 11.1. The number of hydrogen-bond donors (Lipinski definition) is 3. The Morgan fingerprint density at radius 1 is 0.943 bits per heavy atom. The molecule has 0 aliphatic carbocycles. The summed E-state index contributed by atoms with van der Waals surface area (Å²) in [6.45, 7) is 1.69. The second-order valence-corrected chi connectivity index (χ2v) is 7.88. The topological polar surface area (TPSA) is 113 Å². The van der Waals surface area contributed by atoms with Gasteiger partial charge in [0.25, 0.3) is 0 Å². The van der Waals surface area contributed by atoms with E-state index in [0.29, 0.717) is 5.75 Å². The van der Waals surface area contributed by atoms with Crippen molar-refractivity contribution in [1.82, 2.24) is 10.2 Å². The lowest BCUT2D eigenvalue weighted by atomic mass is 9.87. The molecule has 7 heteroatoms. The highest BCUT2D eigenvalue weighted by Crippen LogP contribution is 2.36. The van der Waals surface area contributed by atoms with Crippen molar-refractivity contribution in [2.24, 2.45) is 0 Å². The highest BCUT2D eigenvalue weighted by atomic mass is 16.5. The number of benzene rings is 3. The summed E-state index contributed by atoms with van der Waals surface area (Å²) in [7, 11) is 0. The molecule has 1 heterocycles. The Kier molecular flexibility index (Phi) is 7.07. The predicted octanol–water partition coefficient (Wildman–Crippen LogP) is 5.49. The first kappa shape index (κ1) is 23.5. The quantitative estimate of drug-likeness (QED) is 0.221. The number of ether oxygens (including phenoxy) is 1. The predicted molar refractivity (Wildman–Crippen MR) is 135 cm³/mol.